The Hall–Kier alpha value is -3.84. The molecule has 2 aromatic rings. The van der Waals surface area contributed by atoms with Gasteiger partial charge in [-0.3, -0.25) is 9.59 Å². The predicted octanol–water partition coefficient (Wildman–Crippen LogP) is 7.70. The van der Waals surface area contributed by atoms with Gasteiger partial charge in [0.15, 0.2) is 0 Å². The first-order valence-corrected chi connectivity index (χ1v) is 14.7. The molecule has 1 N–H and O–H groups in total. The molecule has 0 fully saturated rings. The molecule has 2 amide bonds. The molecule has 0 aromatic heterocycles. The lowest BCUT2D eigenvalue weighted by molar-refractivity contribution is -0.118. The van der Waals surface area contributed by atoms with Gasteiger partial charge in [-0.05, 0) is 105 Å². The Morgan fingerprint density at radius 3 is 2.32 bits per heavy atom. The Morgan fingerprint density at radius 2 is 1.73 bits per heavy atom. The van der Waals surface area contributed by atoms with Crippen molar-refractivity contribution in [2.45, 2.75) is 86.6 Å². The highest BCUT2D eigenvalue weighted by molar-refractivity contribution is 5.96. The molecule has 41 heavy (non-hydrogen) atoms. The average Bonchev–Trinajstić information content (AvgIpc) is 2.97. The van der Waals surface area contributed by atoms with Crippen molar-refractivity contribution in [3.63, 3.8) is 0 Å². The van der Waals surface area contributed by atoms with Crippen molar-refractivity contribution in [1.29, 1.82) is 0 Å². The highest BCUT2D eigenvalue weighted by atomic mass is 16.2. The molecule has 4 heteroatoms. The van der Waals surface area contributed by atoms with Gasteiger partial charge in [0.2, 0.25) is 5.91 Å². The minimum Gasteiger partial charge on any atom is -0.346 e. The molecule has 1 unspecified atom stereocenters. The molecule has 4 nitrogen and oxygen atoms in total. The van der Waals surface area contributed by atoms with Crippen LogP contribution < -0.4 is 5.32 Å². The van der Waals surface area contributed by atoms with E-state index in [2.05, 4.69) is 83.6 Å². The summed E-state index contributed by atoms with van der Waals surface area (Å²) >= 11 is 0. The molecule has 0 aliphatic carbocycles. The molecule has 0 saturated heterocycles. The predicted molar refractivity (Wildman–Crippen MR) is 173 cm³/mol. The number of terminal acetylenes is 1. The summed E-state index contributed by atoms with van der Waals surface area (Å²) < 4.78 is 0. The van der Waals surface area contributed by atoms with Crippen molar-refractivity contribution < 1.29 is 9.59 Å². The molecule has 0 saturated carbocycles. The van der Waals surface area contributed by atoms with Gasteiger partial charge in [-0.1, -0.05) is 68.8 Å². The molecule has 3 rings (SSSR count). The monoisotopic (exact) mass is 552 g/mol. The number of carbonyl (C=O) groups is 2. The maximum atomic E-state index is 13.6. The maximum absolute atomic E-state index is 13.6. The highest BCUT2D eigenvalue weighted by Gasteiger charge is 2.26. The van der Waals surface area contributed by atoms with E-state index in [-0.39, 0.29) is 17.9 Å². The van der Waals surface area contributed by atoms with Gasteiger partial charge in [0.25, 0.3) is 5.91 Å². The number of hydrogen-bond acceptors (Lipinski definition) is 2. The number of nitrogens with one attached hydrogen (secondary N) is 1. The lowest BCUT2D eigenvalue weighted by Crippen LogP contribution is -2.39. The molecule has 1 aliphatic heterocycles. The molecular formula is C37H48N2O2. The van der Waals surface area contributed by atoms with E-state index in [1.54, 1.807) is 0 Å². The van der Waals surface area contributed by atoms with Crippen LogP contribution in [0, 0.1) is 26.7 Å². The van der Waals surface area contributed by atoms with Crippen LogP contribution in [0.1, 0.15) is 86.5 Å². The molecule has 0 radical (unpaired) electrons. The molecule has 0 spiro atoms. The van der Waals surface area contributed by atoms with Crippen LogP contribution in [0.25, 0.3) is 0 Å². The first kappa shape index (κ1) is 33.4. The zero-order chi connectivity index (χ0) is 30.7. The third kappa shape index (κ3) is 8.57. The second kappa shape index (κ2) is 15.8. The minimum atomic E-state index is -0.129. The number of aryl methyl sites for hydroxylation is 3. The van der Waals surface area contributed by atoms with Crippen molar-refractivity contribution in [1.82, 2.24) is 10.2 Å². The van der Waals surface area contributed by atoms with E-state index in [1.807, 2.05) is 36.9 Å². The van der Waals surface area contributed by atoms with E-state index < -0.39 is 0 Å². The number of nitrogens with zero attached hydrogens (tertiary/aromatic N) is 1. The van der Waals surface area contributed by atoms with Crippen molar-refractivity contribution >= 4 is 11.8 Å². The van der Waals surface area contributed by atoms with Crippen LogP contribution in [0.15, 0.2) is 76.9 Å². The zero-order valence-corrected chi connectivity index (χ0v) is 26.2. The number of carbonyl (C=O) groups excluding carboxylic acids is 2. The van der Waals surface area contributed by atoms with Gasteiger partial charge in [-0.2, -0.15) is 0 Å². The van der Waals surface area contributed by atoms with Crippen molar-refractivity contribution in [2.75, 3.05) is 13.1 Å². The number of benzene rings is 2. The van der Waals surface area contributed by atoms with Crippen molar-refractivity contribution in [3.05, 3.63) is 105 Å². The first-order chi connectivity index (χ1) is 19.6. The summed E-state index contributed by atoms with van der Waals surface area (Å²) in [6.45, 7) is 20.0. The molecule has 1 aliphatic rings. The lowest BCUT2D eigenvalue weighted by Gasteiger charge is -2.32. The van der Waals surface area contributed by atoms with E-state index in [1.165, 1.54) is 33.4 Å². The summed E-state index contributed by atoms with van der Waals surface area (Å²) in [5.41, 5.74) is 10.9. The van der Waals surface area contributed by atoms with Gasteiger partial charge >= 0.3 is 0 Å². The molecule has 0 bridgehead atoms. The van der Waals surface area contributed by atoms with Crippen LogP contribution >= 0.6 is 0 Å². The Kier molecular flexibility index (Phi) is 12.9. The third-order valence-corrected chi connectivity index (χ3v) is 8.09. The quantitative estimate of drug-likeness (QED) is 0.187. The Bertz CT molecular complexity index is 1340. The van der Waals surface area contributed by atoms with Crippen LogP contribution in [0.5, 0.6) is 0 Å². The summed E-state index contributed by atoms with van der Waals surface area (Å²) in [7, 11) is 0. The van der Waals surface area contributed by atoms with Crippen LogP contribution in [0.3, 0.4) is 0 Å². The van der Waals surface area contributed by atoms with E-state index >= 15 is 0 Å². The fourth-order valence-electron chi connectivity index (χ4n) is 5.59. The zero-order valence-electron chi connectivity index (χ0n) is 26.2. The Labute approximate surface area is 248 Å². The van der Waals surface area contributed by atoms with E-state index in [9.17, 15) is 9.59 Å². The van der Waals surface area contributed by atoms with Gasteiger partial charge in [0, 0.05) is 24.2 Å². The molecule has 218 valence electrons. The van der Waals surface area contributed by atoms with Crippen molar-refractivity contribution in [2.24, 2.45) is 0 Å². The fourth-order valence-corrected chi connectivity index (χ4v) is 5.59. The summed E-state index contributed by atoms with van der Waals surface area (Å²) in [5.74, 6) is 0.0640. The fraction of sp³-hybridized carbons (Fsp3) is 0.405. The highest BCUT2D eigenvalue weighted by Crippen LogP contribution is 2.30. The van der Waals surface area contributed by atoms with Gasteiger partial charge < -0.3 is 10.2 Å². The second-order valence-corrected chi connectivity index (χ2v) is 10.9. The van der Waals surface area contributed by atoms with Crippen LogP contribution in [-0.2, 0) is 17.6 Å². The van der Waals surface area contributed by atoms with Crippen molar-refractivity contribution in [3.8, 4) is 12.8 Å². The summed E-state index contributed by atoms with van der Waals surface area (Å²) in [5, 5.41) is 3.27. The average molecular weight is 553 g/mol. The third-order valence-electron chi connectivity index (χ3n) is 8.09. The van der Waals surface area contributed by atoms with Gasteiger partial charge in [-0.15, -0.1) is 12.8 Å². The van der Waals surface area contributed by atoms with Crippen LogP contribution in [0.4, 0.5) is 0 Å². The van der Waals surface area contributed by atoms with Gasteiger partial charge in [-0.25, -0.2) is 0 Å². The largest absolute Gasteiger partial charge is 0.346 e. The lowest BCUT2D eigenvalue weighted by atomic mass is 9.88. The topological polar surface area (TPSA) is 49.4 Å². The first-order valence-electron chi connectivity index (χ1n) is 14.7. The molecule has 1 atom stereocenters. The van der Waals surface area contributed by atoms with E-state index in [0.29, 0.717) is 19.5 Å². The van der Waals surface area contributed by atoms with Gasteiger partial charge in [0.05, 0.1) is 6.04 Å². The smallest absolute Gasteiger partial charge is 0.254 e. The molecular weight excluding hydrogens is 504 g/mol. The van der Waals surface area contributed by atoms with E-state index in [0.717, 1.165) is 48.0 Å². The number of rotatable bonds is 10. The maximum Gasteiger partial charge on any atom is 0.254 e. The Balaban J connectivity index is 0.00000287. The number of allylic oxidation sites excluding steroid dienone is 1. The van der Waals surface area contributed by atoms with E-state index in [4.69, 9.17) is 0 Å². The normalized spacial score (nSPS) is 14.4. The summed E-state index contributed by atoms with van der Waals surface area (Å²) in [6.07, 6.45) is 11.9. The van der Waals surface area contributed by atoms with Crippen LogP contribution in [0.2, 0.25) is 0 Å². The second-order valence-electron chi connectivity index (χ2n) is 10.9. The summed E-state index contributed by atoms with van der Waals surface area (Å²) in [4.78, 5) is 28.9. The molecule has 1 heterocycles. The summed E-state index contributed by atoms with van der Waals surface area (Å²) in [6, 6.07) is 14.3. The minimum absolute atomic E-state index is 0.0242. The van der Waals surface area contributed by atoms with Crippen LogP contribution in [-0.4, -0.2) is 35.8 Å². The number of amides is 2. The van der Waals surface area contributed by atoms with Gasteiger partial charge in [0.1, 0.15) is 0 Å². The standard InChI is InChI=1S/C35H46N2O2.C2H2/c1-9-28-21-30(16-15-25(28)7)35(39)37-18-17-32(29(10-2)22-37)26(8)31(11-3)34(38)36-33(23(4)5)20-27-14-12-13-24(6)19-27;1-2/h12-16,19,21,33H,4,9-11,17-18,20,22H2,1-3,5-8H3,(H,36,38);1-2H/b31-26+;. The Morgan fingerprint density at radius 1 is 1.02 bits per heavy atom. The number of hydrogen-bond donors (Lipinski definition) is 1. The molecule has 2 aromatic carbocycles. The SMILES string of the molecule is C#C.C=C(C)C(Cc1cccc(C)c1)NC(=O)/C(CC)=C(\C)C1=C(CC)CN(C(=O)c2ccc(C)c(CC)c2)CC1.